The van der Waals surface area contributed by atoms with Crippen LogP contribution in [0.15, 0.2) is 42.9 Å². The van der Waals surface area contributed by atoms with Crippen LogP contribution in [-0.2, 0) is 11.3 Å². The standard InChI is InChI=1S/C18H23N5O/c1-13(2)23-16(6-8-21-23)18-15(7-11-24-18)20-12-14-4-3-5-17-19-9-10-22(14)17/h3-6,8-10,13,15,18,20H,7,11-12H2,1-2H3/t15-,18-/m0/s1. The Hall–Kier alpha value is -2.18. The highest BCUT2D eigenvalue weighted by molar-refractivity contribution is 5.39. The lowest BCUT2D eigenvalue weighted by molar-refractivity contribution is 0.0898. The number of ether oxygens (including phenoxy) is 1. The van der Waals surface area contributed by atoms with E-state index in [-0.39, 0.29) is 12.1 Å². The molecule has 3 aromatic heterocycles. The third-order valence-electron chi connectivity index (χ3n) is 4.63. The Morgan fingerprint density at radius 1 is 1.29 bits per heavy atom. The summed E-state index contributed by atoms with van der Waals surface area (Å²) < 4.78 is 10.2. The van der Waals surface area contributed by atoms with Gasteiger partial charge >= 0.3 is 0 Å². The summed E-state index contributed by atoms with van der Waals surface area (Å²) in [6.07, 6.45) is 6.76. The SMILES string of the molecule is CC(C)n1nccc1[C@H]1OCC[C@@H]1NCc1cccc2nccn12. The van der Waals surface area contributed by atoms with Crippen LogP contribution < -0.4 is 5.32 Å². The van der Waals surface area contributed by atoms with Crippen LogP contribution >= 0.6 is 0 Å². The van der Waals surface area contributed by atoms with Gasteiger partial charge in [-0.05, 0) is 38.5 Å². The van der Waals surface area contributed by atoms with Crippen LogP contribution in [0.4, 0.5) is 0 Å². The molecule has 0 unspecified atom stereocenters. The van der Waals surface area contributed by atoms with Crippen molar-refractivity contribution in [3.05, 3.63) is 54.2 Å². The molecule has 4 rings (SSSR count). The Morgan fingerprint density at radius 3 is 3.08 bits per heavy atom. The van der Waals surface area contributed by atoms with E-state index in [2.05, 4.69) is 56.5 Å². The Kier molecular flexibility index (Phi) is 4.08. The maximum Gasteiger partial charge on any atom is 0.136 e. The minimum atomic E-state index is 0.0527. The second-order valence-electron chi connectivity index (χ2n) is 6.53. The molecule has 0 aromatic carbocycles. The first kappa shape index (κ1) is 15.4. The van der Waals surface area contributed by atoms with Gasteiger partial charge in [-0.3, -0.25) is 4.68 Å². The Labute approximate surface area is 141 Å². The summed E-state index contributed by atoms with van der Waals surface area (Å²) in [5.74, 6) is 0. The zero-order chi connectivity index (χ0) is 16.5. The average molecular weight is 325 g/mol. The predicted molar refractivity (Wildman–Crippen MR) is 91.7 cm³/mol. The van der Waals surface area contributed by atoms with E-state index in [1.807, 2.05) is 24.7 Å². The van der Waals surface area contributed by atoms with Gasteiger partial charge in [0.05, 0.1) is 5.69 Å². The zero-order valence-corrected chi connectivity index (χ0v) is 14.1. The minimum absolute atomic E-state index is 0.0527. The van der Waals surface area contributed by atoms with Gasteiger partial charge in [-0.15, -0.1) is 0 Å². The largest absolute Gasteiger partial charge is 0.370 e. The molecule has 0 radical (unpaired) electrons. The van der Waals surface area contributed by atoms with Crippen LogP contribution in [0.1, 0.15) is 43.8 Å². The molecule has 1 N–H and O–H groups in total. The Balaban J connectivity index is 1.51. The fourth-order valence-corrected chi connectivity index (χ4v) is 3.46. The molecular formula is C18H23N5O. The summed E-state index contributed by atoms with van der Waals surface area (Å²) in [6.45, 7) is 5.86. The summed E-state index contributed by atoms with van der Waals surface area (Å²) in [5, 5.41) is 8.11. The summed E-state index contributed by atoms with van der Waals surface area (Å²) in [4.78, 5) is 4.34. The lowest BCUT2D eigenvalue weighted by atomic mass is 10.1. The molecule has 24 heavy (non-hydrogen) atoms. The van der Waals surface area contributed by atoms with Crippen molar-refractivity contribution in [2.75, 3.05) is 6.61 Å². The van der Waals surface area contributed by atoms with Crippen molar-refractivity contribution in [1.82, 2.24) is 24.5 Å². The van der Waals surface area contributed by atoms with E-state index in [0.29, 0.717) is 6.04 Å². The van der Waals surface area contributed by atoms with Gasteiger partial charge in [-0.2, -0.15) is 5.10 Å². The lowest BCUT2D eigenvalue weighted by Gasteiger charge is -2.22. The van der Waals surface area contributed by atoms with Gasteiger partial charge in [0.2, 0.25) is 0 Å². The molecule has 0 saturated carbocycles. The number of nitrogens with zero attached hydrogens (tertiary/aromatic N) is 4. The molecule has 0 amide bonds. The van der Waals surface area contributed by atoms with Gasteiger partial charge in [0.1, 0.15) is 11.8 Å². The van der Waals surface area contributed by atoms with Gasteiger partial charge in [0.25, 0.3) is 0 Å². The molecule has 1 aliphatic heterocycles. The molecule has 4 heterocycles. The summed E-state index contributed by atoms with van der Waals surface area (Å²) in [5.41, 5.74) is 3.33. The molecule has 1 aliphatic rings. The molecule has 1 fully saturated rings. The van der Waals surface area contributed by atoms with Crippen molar-refractivity contribution >= 4 is 5.65 Å². The summed E-state index contributed by atoms with van der Waals surface area (Å²) in [7, 11) is 0. The van der Waals surface area contributed by atoms with Crippen LogP contribution in [-0.4, -0.2) is 31.8 Å². The van der Waals surface area contributed by atoms with Crippen molar-refractivity contribution in [2.24, 2.45) is 0 Å². The second kappa shape index (κ2) is 6.37. The zero-order valence-electron chi connectivity index (χ0n) is 14.1. The highest BCUT2D eigenvalue weighted by Crippen LogP contribution is 2.30. The van der Waals surface area contributed by atoms with Gasteiger partial charge in [-0.25, -0.2) is 4.98 Å². The minimum Gasteiger partial charge on any atom is -0.370 e. The van der Waals surface area contributed by atoms with Gasteiger partial charge in [0, 0.05) is 49.5 Å². The maximum atomic E-state index is 6.02. The number of hydrogen-bond acceptors (Lipinski definition) is 4. The fourth-order valence-electron chi connectivity index (χ4n) is 3.46. The normalized spacial score (nSPS) is 21.1. The third kappa shape index (κ3) is 2.72. The highest BCUT2D eigenvalue weighted by atomic mass is 16.5. The van der Waals surface area contributed by atoms with Crippen LogP contribution in [0.5, 0.6) is 0 Å². The number of hydrogen-bond donors (Lipinski definition) is 1. The summed E-state index contributed by atoms with van der Waals surface area (Å²) in [6, 6.07) is 8.89. The van der Waals surface area contributed by atoms with Gasteiger partial charge in [-0.1, -0.05) is 6.07 Å². The molecule has 2 atom stereocenters. The van der Waals surface area contributed by atoms with E-state index in [9.17, 15) is 0 Å². The molecule has 0 spiro atoms. The van der Waals surface area contributed by atoms with Crippen LogP contribution in [0.3, 0.4) is 0 Å². The molecule has 0 aliphatic carbocycles. The van der Waals surface area contributed by atoms with Gasteiger partial charge < -0.3 is 14.5 Å². The van der Waals surface area contributed by atoms with E-state index in [1.54, 1.807) is 0 Å². The van der Waals surface area contributed by atoms with Crippen molar-refractivity contribution in [2.45, 2.75) is 45.0 Å². The van der Waals surface area contributed by atoms with Gasteiger partial charge in [0.15, 0.2) is 0 Å². The van der Waals surface area contributed by atoms with Crippen LogP contribution in [0.2, 0.25) is 0 Å². The topological polar surface area (TPSA) is 56.4 Å². The number of imidazole rings is 1. The Bertz CT molecular complexity index is 822. The van der Waals surface area contributed by atoms with E-state index in [1.165, 1.54) is 5.69 Å². The molecular weight excluding hydrogens is 302 g/mol. The smallest absolute Gasteiger partial charge is 0.136 e. The molecule has 6 nitrogen and oxygen atoms in total. The number of pyridine rings is 1. The van der Waals surface area contributed by atoms with Crippen molar-refractivity contribution in [1.29, 1.82) is 0 Å². The highest BCUT2D eigenvalue weighted by Gasteiger charge is 2.32. The first-order valence-corrected chi connectivity index (χ1v) is 8.53. The molecule has 1 saturated heterocycles. The second-order valence-corrected chi connectivity index (χ2v) is 6.53. The lowest BCUT2D eigenvalue weighted by Crippen LogP contribution is -2.33. The van der Waals surface area contributed by atoms with Crippen molar-refractivity contribution in [3.63, 3.8) is 0 Å². The average Bonchev–Trinajstić information content (AvgIpc) is 3.30. The first-order valence-electron chi connectivity index (χ1n) is 8.53. The molecule has 3 aromatic rings. The monoisotopic (exact) mass is 325 g/mol. The quantitative estimate of drug-likeness (QED) is 0.784. The maximum absolute atomic E-state index is 6.02. The van der Waals surface area contributed by atoms with Crippen LogP contribution in [0.25, 0.3) is 5.65 Å². The van der Waals surface area contributed by atoms with E-state index in [0.717, 1.165) is 30.9 Å². The molecule has 6 heteroatoms. The predicted octanol–water partition coefficient (Wildman–Crippen LogP) is 2.73. The fraction of sp³-hybridized carbons (Fsp3) is 0.444. The van der Waals surface area contributed by atoms with E-state index in [4.69, 9.17) is 4.74 Å². The third-order valence-corrected chi connectivity index (χ3v) is 4.63. The number of rotatable bonds is 5. The number of aromatic nitrogens is 4. The summed E-state index contributed by atoms with van der Waals surface area (Å²) >= 11 is 0. The van der Waals surface area contributed by atoms with Crippen molar-refractivity contribution in [3.8, 4) is 0 Å². The van der Waals surface area contributed by atoms with Crippen molar-refractivity contribution < 1.29 is 4.74 Å². The number of fused-ring (bicyclic) bond motifs is 1. The van der Waals surface area contributed by atoms with Crippen LogP contribution in [0, 0.1) is 0 Å². The number of nitrogens with one attached hydrogen (secondary N) is 1. The molecule has 126 valence electrons. The first-order chi connectivity index (χ1) is 11.7. The molecule has 0 bridgehead atoms. The van der Waals surface area contributed by atoms with E-state index >= 15 is 0 Å². The Morgan fingerprint density at radius 2 is 2.21 bits per heavy atom. The van der Waals surface area contributed by atoms with E-state index < -0.39 is 0 Å².